The fraction of sp³-hybridized carbons (Fsp3) is 0.833. The SMILES string of the molecule is COCCC1(CNC(=O)c2nnn(C3CCNCC3)c2C)CCCC1.Cl. The number of nitrogens with zero attached hydrogens (tertiary/aromatic N) is 3. The van der Waals surface area contributed by atoms with Crippen molar-refractivity contribution in [1.29, 1.82) is 0 Å². The monoisotopic (exact) mass is 385 g/mol. The van der Waals surface area contributed by atoms with Gasteiger partial charge in [0, 0.05) is 20.3 Å². The van der Waals surface area contributed by atoms with Gasteiger partial charge in [-0.3, -0.25) is 4.79 Å². The van der Waals surface area contributed by atoms with Crippen LogP contribution in [0.4, 0.5) is 0 Å². The fourth-order valence-corrected chi connectivity index (χ4v) is 4.26. The Morgan fingerprint density at radius 3 is 2.69 bits per heavy atom. The van der Waals surface area contributed by atoms with Crippen LogP contribution in [0.1, 0.15) is 67.2 Å². The molecule has 1 amide bonds. The summed E-state index contributed by atoms with van der Waals surface area (Å²) in [5, 5.41) is 14.9. The fourth-order valence-electron chi connectivity index (χ4n) is 4.26. The predicted octanol–water partition coefficient (Wildman–Crippen LogP) is 2.26. The van der Waals surface area contributed by atoms with E-state index in [9.17, 15) is 4.79 Å². The van der Waals surface area contributed by atoms with Gasteiger partial charge < -0.3 is 15.4 Å². The van der Waals surface area contributed by atoms with E-state index in [1.54, 1.807) is 7.11 Å². The smallest absolute Gasteiger partial charge is 0.273 e. The summed E-state index contributed by atoms with van der Waals surface area (Å²) >= 11 is 0. The van der Waals surface area contributed by atoms with Crippen LogP contribution in [0.2, 0.25) is 0 Å². The Bertz CT molecular complexity index is 580. The number of carbonyl (C=O) groups is 1. The summed E-state index contributed by atoms with van der Waals surface area (Å²) < 4.78 is 7.20. The zero-order valence-corrected chi connectivity index (χ0v) is 16.7. The van der Waals surface area contributed by atoms with Crippen LogP contribution in [-0.2, 0) is 4.74 Å². The molecule has 0 aromatic carbocycles. The molecule has 1 saturated carbocycles. The van der Waals surface area contributed by atoms with Crippen LogP contribution >= 0.6 is 12.4 Å². The van der Waals surface area contributed by atoms with Gasteiger partial charge in [0.1, 0.15) is 0 Å². The van der Waals surface area contributed by atoms with E-state index in [4.69, 9.17) is 4.74 Å². The maximum absolute atomic E-state index is 12.7. The lowest BCUT2D eigenvalue weighted by atomic mass is 9.83. The first-order chi connectivity index (χ1) is 12.2. The summed E-state index contributed by atoms with van der Waals surface area (Å²) in [6, 6.07) is 0.346. The van der Waals surface area contributed by atoms with Gasteiger partial charge >= 0.3 is 0 Å². The van der Waals surface area contributed by atoms with Crippen LogP contribution in [0.3, 0.4) is 0 Å². The average molecular weight is 386 g/mol. The number of halogens is 1. The van der Waals surface area contributed by atoms with Crippen LogP contribution in [0.5, 0.6) is 0 Å². The molecule has 1 saturated heterocycles. The molecular formula is C18H32ClN5O2. The van der Waals surface area contributed by atoms with E-state index in [2.05, 4.69) is 20.9 Å². The Kier molecular flexibility index (Phi) is 7.85. The van der Waals surface area contributed by atoms with Gasteiger partial charge in [-0.25, -0.2) is 4.68 Å². The van der Waals surface area contributed by atoms with Crippen molar-refractivity contribution in [1.82, 2.24) is 25.6 Å². The van der Waals surface area contributed by atoms with Crippen molar-refractivity contribution in [3.63, 3.8) is 0 Å². The molecule has 1 aliphatic carbocycles. The molecule has 1 aromatic rings. The molecule has 0 atom stereocenters. The number of rotatable bonds is 7. The summed E-state index contributed by atoms with van der Waals surface area (Å²) in [4.78, 5) is 12.7. The maximum atomic E-state index is 12.7. The van der Waals surface area contributed by atoms with Crippen LogP contribution in [0, 0.1) is 12.3 Å². The maximum Gasteiger partial charge on any atom is 0.273 e. The molecule has 8 heteroatoms. The summed E-state index contributed by atoms with van der Waals surface area (Å²) in [6.45, 7) is 5.39. The molecule has 148 valence electrons. The molecule has 0 unspecified atom stereocenters. The van der Waals surface area contributed by atoms with Gasteiger partial charge in [0.25, 0.3) is 5.91 Å². The van der Waals surface area contributed by atoms with Crippen LogP contribution < -0.4 is 10.6 Å². The first-order valence-corrected chi connectivity index (χ1v) is 9.55. The van der Waals surface area contributed by atoms with Crippen molar-refractivity contribution in [2.75, 3.05) is 33.4 Å². The van der Waals surface area contributed by atoms with Gasteiger partial charge in [-0.05, 0) is 57.5 Å². The lowest BCUT2D eigenvalue weighted by molar-refractivity contribution is 0.0897. The third-order valence-electron chi connectivity index (χ3n) is 5.92. The molecule has 2 N–H and O–H groups in total. The molecule has 0 spiro atoms. The number of hydrogen-bond acceptors (Lipinski definition) is 5. The summed E-state index contributed by atoms with van der Waals surface area (Å²) in [5.41, 5.74) is 1.53. The van der Waals surface area contributed by atoms with E-state index in [1.165, 1.54) is 12.8 Å². The molecule has 1 aliphatic heterocycles. The largest absolute Gasteiger partial charge is 0.385 e. The molecule has 2 fully saturated rings. The summed E-state index contributed by atoms with van der Waals surface area (Å²) in [6.07, 6.45) is 7.88. The van der Waals surface area contributed by atoms with E-state index in [0.717, 1.165) is 57.5 Å². The minimum Gasteiger partial charge on any atom is -0.385 e. The highest BCUT2D eigenvalue weighted by Crippen LogP contribution is 2.40. The van der Waals surface area contributed by atoms with Crippen molar-refractivity contribution in [3.8, 4) is 0 Å². The van der Waals surface area contributed by atoms with Crippen molar-refractivity contribution >= 4 is 18.3 Å². The number of ether oxygens (including phenoxy) is 1. The van der Waals surface area contributed by atoms with Gasteiger partial charge in [-0.15, -0.1) is 17.5 Å². The molecule has 1 aromatic heterocycles. The molecular weight excluding hydrogens is 354 g/mol. The molecule has 2 heterocycles. The van der Waals surface area contributed by atoms with Gasteiger partial charge in [-0.1, -0.05) is 18.1 Å². The average Bonchev–Trinajstić information content (AvgIpc) is 3.26. The summed E-state index contributed by atoms with van der Waals surface area (Å²) in [5.74, 6) is -0.0959. The van der Waals surface area contributed by atoms with Crippen molar-refractivity contribution in [2.24, 2.45) is 5.41 Å². The van der Waals surface area contributed by atoms with E-state index < -0.39 is 0 Å². The van der Waals surface area contributed by atoms with E-state index >= 15 is 0 Å². The Morgan fingerprint density at radius 1 is 1.35 bits per heavy atom. The van der Waals surface area contributed by atoms with E-state index in [1.807, 2.05) is 11.6 Å². The van der Waals surface area contributed by atoms with Gasteiger partial charge in [0.15, 0.2) is 5.69 Å². The lowest BCUT2D eigenvalue weighted by Gasteiger charge is -2.29. The highest BCUT2D eigenvalue weighted by atomic mass is 35.5. The van der Waals surface area contributed by atoms with Crippen LogP contribution in [0.15, 0.2) is 0 Å². The quantitative estimate of drug-likeness (QED) is 0.752. The number of piperidine rings is 1. The second kappa shape index (κ2) is 9.67. The second-order valence-electron chi connectivity index (χ2n) is 7.58. The first-order valence-electron chi connectivity index (χ1n) is 9.55. The zero-order valence-electron chi connectivity index (χ0n) is 15.9. The van der Waals surface area contributed by atoms with Gasteiger partial charge in [-0.2, -0.15) is 0 Å². The minimum absolute atomic E-state index is 0. The van der Waals surface area contributed by atoms with Crippen molar-refractivity contribution < 1.29 is 9.53 Å². The van der Waals surface area contributed by atoms with Gasteiger partial charge in [0.2, 0.25) is 0 Å². The van der Waals surface area contributed by atoms with E-state index in [0.29, 0.717) is 18.3 Å². The number of methoxy groups -OCH3 is 1. The topological polar surface area (TPSA) is 81.1 Å². The second-order valence-corrected chi connectivity index (χ2v) is 7.58. The predicted molar refractivity (Wildman–Crippen MR) is 103 cm³/mol. The minimum atomic E-state index is -0.0959. The normalized spacial score (nSPS) is 19.9. The molecule has 0 radical (unpaired) electrons. The Morgan fingerprint density at radius 2 is 2.04 bits per heavy atom. The number of amides is 1. The van der Waals surface area contributed by atoms with Crippen molar-refractivity contribution in [2.45, 2.75) is 57.9 Å². The molecule has 26 heavy (non-hydrogen) atoms. The van der Waals surface area contributed by atoms with Gasteiger partial charge in [0.05, 0.1) is 11.7 Å². The first kappa shape index (κ1) is 21.1. The van der Waals surface area contributed by atoms with Crippen LogP contribution in [-0.4, -0.2) is 54.3 Å². The molecule has 7 nitrogen and oxygen atoms in total. The number of carbonyl (C=O) groups excluding carboxylic acids is 1. The third kappa shape index (κ3) is 4.75. The Hall–Kier alpha value is -1.18. The molecule has 0 bridgehead atoms. The lowest BCUT2D eigenvalue weighted by Crippen LogP contribution is -2.37. The Labute approximate surface area is 162 Å². The van der Waals surface area contributed by atoms with E-state index in [-0.39, 0.29) is 23.7 Å². The number of aromatic nitrogens is 3. The summed E-state index contributed by atoms with van der Waals surface area (Å²) in [7, 11) is 1.74. The molecule has 3 rings (SSSR count). The molecule has 2 aliphatic rings. The van der Waals surface area contributed by atoms with Crippen LogP contribution in [0.25, 0.3) is 0 Å². The Balaban J connectivity index is 0.00000243. The van der Waals surface area contributed by atoms with Crippen molar-refractivity contribution in [3.05, 3.63) is 11.4 Å². The number of nitrogens with one attached hydrogen (secondary N) is 2. The standard InChI is InChI=1S/C18H31N5O2.ClH/c1-14-16(21-22-23(14)15-5-10-19-11-6-15)17(24)20-13-18(9-12-25-2)7-3-4-8-18;/h15,19H,3-13H2,1-2H3,(H,20,24);1H. The number of hydrogen-bond donors (Lipinski definition) is 2. The highest BCUT2D eigenvalue weighted by molar-refractivity contribution is 5.93. The zero-order chi connectivity index (χ0) is 17.7. The highest BCUT2D eigenvalue weighted by Gasteiger charge is 2.34. The third-order valence-corrected chi connectivity index (χ3v) is 5.92.